The third-order valence-corrected chi connectivity index (χ3v) is 2.22. The number of thioether (sulfide) groups is 1. The van der Waals surface area contributed by atoms with Crippen LogP contribution in [0.5, 0.6) is 0 Å². The molecule has 1 atom stereocenters. The summed E-state index contributed by atoms with van der Waals surface area (Å²) in [5, 5.41) is 16.6. The van der Waals surface area contributed by atoms with Crippen LogP contribution in [0, 0.1) is 17.6 Å². The zero-order valence-corrected chi connectivity index (χ0v) is 8.39. The Labute approximate surface area is 81.8 Å². The lowest BCUT2D eigenvalue weighted by Gasteiger charge is -2.11. The molecule has 0 saturated carbocycles. The molecule has 0 spiro atoms. The van der Waals surface area contributed by atoms with E-state index in [4.69, 9.17) is 11.6 Å². The molecule has 0 heterocycles. The largest absolute Gasteiger partial charge is 0.410 e. The zero-order valence-electron chi connectivity index (χ0n) is 7.57. The van der Waals surface area contributed by atoms with E-state index in [-0.39, 0.29) is 11.0 Å². The molecule has 0 aromatic carbocycles. The SMILES string of the molecule is C#CSC(=NO)C(CC)C(=O)NC. The molecule has 0 fully saturated rings. The number of hydrogen-bond donors (Lipinski definition) is 2. The van der Waals surface area contributed by atoms with Crippen molar-refractivity contribution in [3.8, 4) is 11.7 Å². The Hall–Kier alpha value is -1.15. The fourth-order valence-electron chi connectivity index (χ4n) is 0.868. The van der Waals surface area contributed by atoms with Crippen molar-refractivity contribution in [1.82, 2.24) is 5.32 Å². The van der Waals surface area contributed by atoms with Gasteiger partial charge in [-0.3, -0.25) is 4.79 Å². The second-order valence-corrected chi connectivity index (χ2v) is 3.09. The van der Waals surface area contributed by atoms with Crippen molar-refractivity contribution in [3.63, 3.8) is 0 Å². The highest BCUT2D eigenvalue weighted by atomic mass is 32.2. The Morgan fingerprint density at radius 1 is 1.85 bits per heavy atom. The van der Waals surface area contributed by atoms with Crippen LogP contribution < -0.4 is 5.32 Å². The van der Waals surface area contributed by atoms with E-state index in [0.717, 1.165) is 11.8 Å². The van der Waals surface area contributed by atoms with Crippen molar-refractivity contribution < 1.29 is 10.0 Å². The first kappa shape index (κ1) is 11.8. The Balaban J connectivity index is 4.55. The molecule has 0 aliphatic carbocycles. The van der Waals surface area contributed by atoms with Gasteiger partial charge in [0, 0.05) is 7.05 Å². The van der Waals surface area contributed by atoms with Gasteiger partial charge in [0.1, 0.15) is 5.04 Å². The second kappa shape index (κ2) is 6.38. The maximum atomic E-state index is 11.2. The molecule has 0 aromatic heterocycles. The van der Waals surface area contributed by atoms with Crippen LogP contribution in [0.25, 0.3) is 0 Å². The number of nitrogens with zero attached hydrogens (tertiary/aromatic N) is 1. The fourth-order valence-corrected chi connectivity index (χ4v) is 1.45. The maximum Gasteiger partial charge on any atom is 0.229 e. The molecule has 5 heteroatoms. The highest BCUT2D eigenvalue weighted by molar-refractivity contribution is 8.18. The van der Waals surface area contributed by atoms with Gasteiger partial charge >= 0.3 is 0 Å². The molecule has 4 nitrogen and oxygen atoms in total. The summed E-state index contributed by atoms with van der Waals surface area (Å²) in [6.45, 7) is 1.82. The number of nitrogens with one attached hydrogen (secondary N) is 1. The number of carbonyl (C=O) groups is 1. The lowest BCUT2D eigenvalue weighted by molar-refractivity contribution is -0.122. The first-order valence-electron chi connectivity index (χ1n) is 3.77. The van der Waals surface area contributed by atoms with Crippen molar-refractivity contribution >= 4 is 22.7 Å². The van der Waals surface area contributed by atoms with E-state index in [1.165, 1.54) is 7.05 Å². The van der Waals surface area contributed by atoms with Gasteiger partial charge < -0.3 is 10.5 Å². The highest BCUT2D eigenvalue weighted by Gasteiger charge is 2.22. The predicted octanol–water partition coefficient (Wildman–Crippen LogP) is 0.870. The minimum absolute atomic E-state index is 0.196. The van der Waals surface area contributed by atoms with Crippen molar-refractivity contribution in [2.45, 2.75) is 13.3 Å². The van der Waals surface area contributed by atoms with E-state index in [9.17, 15) is 4.79 Å². The number of terminal acetylenes is 1. The molecule has 0 aliphatic heterocycles. The third-order valence-electron chi connectivity index (χ3n) is 1.53. The van der Waals surface area contributed by atoms with E-state index in [1.807, 2.05) is 6.92 Å². The van der Waals surface area contributed by atoms with E-state index >= 15 is 0 Å². The van der Waals surface area contributed by atoms with Crippen molar-refractivity contribution in [1.29, 1.82) is 0 Å². The number of amides is 1. The summed E-state index contributed by atoms with van der Waals surface area (Å²) in [6, 6.07) is 0. The van der Waals surface area contributed by atoms with Gasteiger partial charge in [0.25, 0.3) is 0 Å². The summed E-state index contributed by atoms with van der Waals surface area (Å²) in [5.74, 6) is -0.658. The first-order valence-corrected chi connectivity index (χ1v) is 4.58. The molecule has 0 aromatic rings. The monoisotopic (exact) mass is 200 g/mol. The summed E-state index contributed by atoms with van der Waals surface area (Å²) < 4.78 is 0. The molecule has 13 heavy (non-hydrogen) atoms. The maximum absolute atomic E-state index is 11.2. The van der Waals surface area contributed by atoms with Crippen LogP contribution in [0.2, 0.25) is 0 Å². The van der Waals surface area contributed by atoms with Crippen LogP contribution in [0.15, 0.2) is 5.16 Å². The average Bonchev–Trinajstić information content (AvgIpc) is 2.17. The molecule has 0 aliphatic rings. The molecule has 1 unspecified atom stereocenters. The number of rotatable bonds is 3. The Kier molecular flexibility index (Phi) is 5.81. The van der Waals surface area contributed by atoms with E-state index in [0.29, 0.717) is 6.42 Å². The Morgan fingerprint density at radius 2 is 2.46 bits per heavy atom. The molecule has 1 amide bonds. The van der Waals surface area contributed by atoms with Gasteiger partial charge in [-0.2, -0.15) is 0 Å². The fraction of sp³-hybridized carbons (Fsp3) is 0.500. The first-order chi connectivity index (χ1) is 6.21. The molecular formula is C8H12N2O2S. The number of oxime groups is 1. The summed E-state index contributed by atoms with van der Waals surface area (Å²) in [4.78, 5) is 11.2. The minimum atomic E-state index is -0.462. The number of carbonyl (C=O) groups excluding carboxylic acids is 1. The highest BCUT2D eigenvalue weighted by Crippen LogP contribution is 2.15. The van der Waals surface area contributed by atoms with E-state index in [2.05, 4.69) is 15.7 Å². The van der Waals surface area contributed by atoms with Crippen molar-refractivity contribution in [3.05, 3.63) is 0 Å². The van der Waals surface area contributed by atoms with Gasteiger partial charge in [-0.15, -0.1) is 6.42 Å². The molecule has 0 radical (unpaired) electrons. The molecular weight excluding hydrogens is 188 g/mol. The molecule has 0 bridgehead atoms. The quantitative estimate of drug-likeness (QED) is 0.234. The van der Waals surface area contributed by atoms with Crippen LogP contribution in [0.1, 0.15) is 13.3 Å². The van der Waals surface area contributed by atoms with Gasteiger partial charge in [-0.05, 0) is 23.4 Å². The number of hydrogen-bond acceptors (Lipinski definition) is 4. The van der Waals surface area contributed by atoms with Gasteiger partial charge in [0.15, 0.2) is 0 Å². The average molecular weight is 200 g/mol. The third kappa shape index (κ3) is 3.38. The summed E-state index contributed by atoms with van der Waals surface area (Å²) >= 11 is 0.920. The summed E-state index contributed by atoms with van der Waals surface area (Å²) in [7, 11) is 1.53. The minimum Gasteiger partial charge on any atom is -0.410 e. The van der Waals surface area contributed by atoms with Crippen LogP contribution >= 0.6 is 11.8 Å². The lowest BCUT2D eigenvalue weighted by Crippen LogP contribution is -2.31. The summed E-state index contributed by atoms with van der Waals surface area (Å²) in [5.41, 5.74) is 0. The topological polar surface area (TPSA) is 61.7 Å². The van der Waals surface area contributed by atoms with Crippen molar-refractivity contribution in [2.75, 3.05) is 7.05 Å². The zero-order chi connectivity index (χ0) is 10.3. The normalized spacial score (nSPS) is 13.2. The second-order valence-electron chi connectivity index (χ2n) is 2.23. The smallest absolute Gasteiger partial charge is 0.229 e. The predicted molar refractivity (Wildman–Crippen MR) is 53.5 cm³/mol. The van der Waals surface area contributed by atoms with E-state index in [1.54, 1.807) is 0 Å². The van der Waals surface area contributed by atoms with Gasteiger partial charge in [0.2, 0.25) is 5.91 Å². The molecule has 72 valence electrons. The van der Waals surface area contributed by atoms with Gasteiger partial charge in [0.05, 0.1) is 5.92 Å². The summed E-state index contributed by atoms with van der Waals surface area (Å²) in [6.07, 6.45) is 5.58. The molecule has 0 saturated heterocycles. The standard InChI is InChI=1S/C8H12N2O2S/c1-4-6(7(11)9-3)8(10-12)13-5-2/h2,6,12H,4H2,1,3H3,(H,9,11). The van der Waals surface area contributed by atoms with E-state index < -0.39 is 5.92 Å². The van der Waals surface area contributed by atoms with Crippen LogP contribution in [0.3, 0.4) is 0 Å². The Morgan fingerprint density at radius 3 is 2.77 bits per heavy atom. The van der Waals surface area contributed by atoms with Gasteiger partial charge in [-0.25, -0.2) is 0 Å². The molecule has 0 rings (SSSR count). The van der Waals surface area contributed by atoms with Crippen LogP contribution in [-0.2, 0) is 4.79 Å². The van der Waals surface area contributed by atoms with Gasteiger partial charge in [-0.1, -0.05) is 12.1 Å². The van der Waals surface area contributed by atoms with Crippen LogP contribution in [0.4, 0.5) is 0 Å². The van der Waals surface area contributed by atoms with Crippen molar-refractivity contribution in [2.24, 2.45) is 11.1 Å². The lowest BCUT2D eigenvalue weighted by atomic mass is 10.1. The molecule has 2 N–H and O–H groups in total. The Bertz CT molecular complexity index is 245. The van der Waals surface area contributed by atoms with Crippen LogP contribution in [-0.4, -0.2) is 23.2 Å².